The molecule has 3 heterocycles. The minimum Gasteiger partial charge on any atom is -0.393 e. The topological polar surface area (TPSA) is 68.7 Å². The molecule has 2 saturated heterocycles. The molecular weight excluding hydrogens is 495 g/mol. The van der Waals surface area contributed by atoms with E-state index in [1.807, 2.05) is 36.9 Å². The zero-order valence-electron chi connectivity index (χ0n) is 21.6. The summed E-state index contributed by atoms with van der Waals surface area (Å²) in [5.41, 5.74) is 5.68. The minimum absolute atomic E-state index is 0.0262. The Morgan fingerprint density at radius 1 is 1.08 bits per heavy atom. The molecule has 0 atom stereocenters. The summed E-state index contributed by atoms with van der Waals surface area (Å²) in [6.45, 7) is 10.3. The quantitative estimate of drug-likeness (QED) is 0.507. The Balaban J connectivity index is 1.43. The van der Waals surface area contributed by atoms with Crippen molar-refractivity contribution in [2.45, 2.75) is 71.4 Å². The predicted molar refractivity (Wildman–Crippen MR) is 147 cm³/mol. The molecule has 1 amide bonds. The van der Waals surface area contributed by atoms with E-state index < -0.39 is 0 Å². The van der Waals surface area contributed by atoms with Crippen LogP contribution in [0.1, 0.15) is 65.5 Å². The monoisotopic (exact) mass is 532 g/mol. The number of carbonyl (C=O) groups excluding carboxylic acids is 1. The number of amides is 1. The number of aliphatic hydroxyl groups excluding tert-OH is 1. The standard InChI is InChI=1S/C28H38Cl2N4O2/c1-4-23-19(3)32-27(18(2)26(23)31-12-7-20-5-6-24(29)25(30)17-20)28(36)34-13-8-21(9-14-34)33-15-10-22(35)11-16-33/h5-6,17,21-22,35H,4,7-16H2,1-3H3,(H,31,32). The first-order valence-corrected chi connectivity index (χ1v) is 13.9. The Labute approximate surface area is 225 Å². The largest absolute Gasteiger partial charge is 0.393 e. The van der Waals surface area contributed by atoms with E-state index in [2.05, 4.69) is 17.1 Å². The van der Waals surface area contributed by atoms with Gasteiger partial charge in [-0.25, -0.2) is 4.98 Å². The van der Waals surface area contributed by atoms with Crippen LogP contribution in [0.5, 0.6) is 0 Å². The van der Waals surface area contributed by atoms with Crippen LogP contribution in [0.4, 0.5) is 5.69 Å². The number of carbonyl (C=O) groups is 1. The summed E-state index contributed by atoms with van der Waals surface area (Å²) in [7, 11) is 0. The van der Waals surface area contributed by atoms with Gasteiger partial charge in [0, 0.05) is 55.7 Å². The van der Waals surface area contributed by atoms with Crippen molar-refractivity contribution in [3.8, 4) is 0 Å². The molecule has 2 aliphatic rings. The number of rotatable bonds is 7. The molecule has 0 radical (unpaired) electrons. The molecule has 0 spiro atoms. The summed E-state index contributed by atoms with van der Waals surface area (Å²) < 4.78 is 0. The van der Waals surface area contributed by atoms with E-state index in [1.54, 1.807) is 0 Å². The van der Waals surface area contributed by atoms with E-state index >= 15 is 0 Å². The number of piperidine rings is 2. The van der Waals surface area contributed by atoms with Crippen molar-refractivity contribution >= 4 is 34.8 Å². The lowest BCUT2D eigenvalue weighted by Gasteiger charge is -2.41. The van der Waals surface area contributed by atoms with Crippen LogP contribution in [0, 0.1) is 13.8 Å². The van der Waals surface area contributed by atoms with E-state index in [0.717, 1.165) is 99.3 Å². The third-order valence-electron chi connectivity index (χ3n) is 7.77. The lowest BCUT2D eigenvalue weighted by atomic mass is 9.98. The highest BCUT2D eigenvalue weighted by atomic mass is 35.5. The van der Waals surface area contributed by atoms with Crippen LogP contribution in [0.2, 0.25) is 10.0 Å². The van der Waals surface area contributed by atoms with Crippen LogP contribution in [0.3, 0.4) is 0 Å². The number of anilines is 1. The van der Waals surface area contributed by atoms with Gasteiger partial charge in [-0.05, 0) is 75.6 Å². The van der Waals surface area contributed by atoms with Gasteiger partial charge in [0.05, 0.1) is 16.1 Å². The molecule has 1 aromatic heterocycles. The third-order valence-corrected chi connectivity index (χ3v) is 8.51. The number of hydrogen-bond acceptors (Lipinski definition) is 5. The molecule has 8 heteroatoms. The maximum atomic E-state index is 13.6. The normalized spacial score (nSPS) is 18.0. The summed E-state index contributed by atoms with van der Waals surface area (Å²) in [6.07, 6.45) is 5.14. The number of hydrogen-bond donors (Lipinski definition) is 2. The number of nitrogens with one attached hydrogen (secondary N) is 1. The van der Waals surface area contributed by atoms with Gasteiger partial charge >= 0.3 is 0 Å². The number of aryl methyl sites for hydroxylation is 1. The van der Waals surface area contributed by atoms with Gasteiger partial charge < -0.3 is 20.2 Å². The molecule has 6 nitrogen and oxygen atoms in total. The number of pyridine rings is 1. The van der Waals surface area contributed by atoms with Crippen molar-refractivity contribution in [1.82, 2.24) is 14.8 Å². The van der Waals surface area contributed by atoms with Crippen LogP contribution in [0.25, 0.3) is 0 Å². The second kappa shape index (κ2) is 12.1. The smallest absolute Gasteiger partial charge is 0.272 e. The van der Waals surface area contributed by atoms with Crippen LogP contribution >= 0.6 is 23.2 Å². The second-order valence-corrected chi connectivity index (χ2v) is 10.9. The lowest BCUT2D eigenvalue weighted by molar-refractivity contribution is 0.0355. The molecule has 0 bridgehead atoms. The van der Waals surface area contributed by atoms with Gasteiger partial charge in [-0.15, -0.1) is 0 Å². The van der Waals surface area contributed by atoms with Crippen molar-refractivity contribution in [1.29, 1.82) is 0 Å². The molecule has 2 aliphatic heterocycles. The van der Waals surface area contributed by atoms with Gasteiger partial charge in [0.15, 0.2) is 0 Å². The zero-order valence-corrected chi connectivity index (χ0v) is 23.1. The molecule has 2 fully saturated rings. The highest BCUT2D eigenvalue weighted by Crippen LogP contribution is 2.29. The van der Waals surface area contributed by atoms with E-state index in [-0.39, 0.29) is 12.0 Å². The Hall–Kier alpha value is -1.86. The fraction of sp³-hybridized carbons (Fsp3) is 0.571. The van der Waals surface area contributed by atoms with Crippen LogP contribution in [-0.2, 0) is 12.8 Å². The molecule has 2 aromatic rings. The summed E-state index contributed by atoms with van der Waals surface area (Å²) in [4.78, 5) is 22.8. The first-order chi connectivity index (χ1) is 17.3. The Bertz CT molecular complexity index is 1080. The highest BCUT2D eigenvalue weighted by molar-refractivity contribution is 6.42. The third kappa shape index (κ3) is 6.16. The summed E-state index contributed by atoms with van der Waals surface area (Å²) >= 11 is 12.2. The van der Waals surface area contributed by atoms with E-state index in [4.69, 9.17) is 28.2 Å². The number of halogens is 2. The summed E-state index contributed by atoms with van der Waals surface area (Å²) in [6, 6.07) is 6.22. The van der Waals surface area contributed by atoms with Gasteiger partial charge in [0.1, 0.15) is 5.69 Å². The summed E-state index contributed by atoms with van der Waals surface area (Å²) in [5, 5.41) is 14.5. The first-order valence-electron chi connectivity index (χ1n) is 13.2. The van der Waals surface area contributed by atoms with Crippen molar-refractivity contribution in [2.24, 2.45) is 0 Å². The second-order valence-electron chi connectivity index (χ2n) is 10.1. The SMILES string of the molecule is CCc1c(C)nc(C(=O)N2CCC(N3CCC(O)CC3)CC2)c(C)c1NCCc1ccc(Cl)c(Cl)c1. The maximum absolute atomic E-state index is 13.6. The Morgan fingerprint density at radius 3 is 2.42 bits per heavy atom. The molecular formula is C28H38Cl2N4O2. The average molecular weight is 534 g/mol. The van der Waals surface area contributed by atoms with E-state index in [1.165, 1.54) is 0 Å². The van der Waals surface area contributed by atoms with E-state index in [0.29, 0.717) is 21.8 Å². The van der Waals surface area contributed by atoms with Crippen molar-refractivity contribution in [2.75, 3.05) is 38.0 Å². The number of benzene rings is 1. The fourth-order valence-corrected chi connectivity index (χ4v) is 5.91. The average Bonchev–Trinajstić information content (AvgIpc) is 2.88. The van der Waals surface area contributed by atoms with Crippen LogP contribution < -0.4 is 5.32 Å². The molecule has 2 N–H and O–H groups in total. The van der Waals surface area contributed by atoms with Crippen LogP contribution in [-0.4, -0.2) is 70.7 Å². The highest BCUT2D eigenvalue weighted by Gasteiger charge is 2.31. The predicted octanol–water partition coefficient (Wildman–Crippen LogP) is 5.28. The van der Waals surface area contributed by atoms with Gasteiger partial charge in [0.25, 0.3) is 5.91 Å². The number of aliphatic hydroxyl groups is 1. The molecule has 196 valence electrons. The minimum atomic E-state index is -0.155. The molecule has 1 aromatic carbocycles. The van der Waals surface area contributed by atoms with Gasteiger partial charge in [-0.3, -0.25) is 4.79 Å². The number of aromatic nitrogens is 1. The Morgan fingerprint density at radius 2 is 1.78 bits per heavy atom. The number of likely N-dealkylation sites (tertiary alicyclic amines) is 2. The molecule has 0 saturated carbocycles. The molecule has 0 aliphatic carbocycles. The molecule has 4 rings (SSSR count). The van der Waals surface area contributed by atoms with Crippen molar-refractivity contribution < 1.29 is 9.90 Å². The van der Waals surface area contributed by atoms with Gasteiger partial charge in [-0.2, -0.15) is 0 Å². The first kappa shape index (κ1) is 27.2. The zero-order chi connectivity index (χ0) is 25.8. The Kier molecular flexibility index (Phi) is 9.15. The van der Waals surface area contributed by atoms with Gasteiger partial charge in [-0.1, -0.05) is 36.2 Å². The molecule has 36 heavy (non-hydrogen) atoms. The number of nitrogens with zero attached hydrogens (tertiary/aromatic N) is 3. The van der Waals surface area contributed by atoms with Gasteiger partial charge in [0.2, 0.25) is 0 Å². The summed E-state index contributed by atoms with van der Waals surface area (Å²) in [5.74, 6) is 0.0262. The maximum Gasteiger partial charge on any atom is 0.272 e. The van der Waals surface area contributed by atoms with Crippen molar-refractivity contribution in [3.05, 3.63) is 56.3 Å². The van der Waals surface area contributed by atoms with E-state index in [9.17, 15) is 9.90 Å². The van der Waals surface area contributed by atoms with Crippen LogP contribution in [0.15, 0.2) is 18.2 Å². The van der Waals surface area contributed by atoms with Crippen molar-refractivity contribution in [3.63, 3.8) is 0 Å². The lowest BCUT2D eigenvalue weighted by Crippen LogP contribution is -2.49. The molecule has 0 unspecified atom stereocenters. The fourth-order valence-electron chi connectivity index (χ4n) is 5.59.